The van der Waals surface area contributed by atoms with Crippen LogP contribution in [0.15, 0.2) is 18.6 Å². The first kappa shape index (κ1) is 15.9. The molecule has 0 radical (unpaired) electrons. The molecule has 2 aromatic rings. The summed E-state index contributed by atoms with van der Waals surface area (Å²) < 4.78 is 2.01. The van der Waals surface area contributed by atoms with Gasteiger partial charge in [-0.2, -0.15) is 11.8 Å². The number of hydrogen-bond donors (Lipinski definition) is 2. The molecule has 2 aromatic heterocycles. The Balaban J connectivity index is 2.10. The van der Waals surface area contributed by atoms with Crippen LogP contribution in [0.2, 0.25) is 0 Å². The van der Waals surface area contributed by atoms with Crippen molar-refractivity contribution in [1.29, 1.82) is 0 Å². The Morgan fingerprint density at radius 1 is 1.38 bits per heavy atom. The van der Waals surface area contributed by atoms with E-state index < -0.39 is 0 Å². The predicted molar refractivity (Wildman–Crippen MR) is 92.5 cm³/mol. The monoisotopic (exact) mass is 307 g/mol. The van der Waals surface area contributed by atoms with E-state index in [2.05, 4.69) is 41.4 Å². The normalized spacial score (nSPS) is 12.5. The van der Waals surface area contributed by atoms with E-state index in [1.54, 1.807) is 0 Å². The molecular weight excluding hydrogens is 282 g/mol. The Morgan fingerprint density at radius 3 is 3.00 bits per heavy atom. The largest absolute Gasteiger partial charge is 0.369 e. The third-order valence-corrected chi connectivity index (χ3v) is 4.15. The Hall–Kier alpha value is -1.43. The van der Waals surface area contributed by atoms with Gasteiger partial charge in [-0.05, 0) is 31.3 Å². The molecular formula is C15H25N5S. The fourth-order valence-electron chi connectivity index (χ4n) is 2.08. The minimum Gasteiger partial charge on any atom is -0.369 e. The van der Waals surface area contributed by atoms with Crippen LogP contribution in [0.4, 0.5) is 11.6 Å². The van der Waals surface area contributed by atoms with Crippen molar-refractivity contribution < 1.29 is 0 Å². The van der Waals surface area contributed by atoms with E-state index in [9.17, 15) is 0 Å². The van der Waals surface area contributed by atoms with Gasteiger partial charge < -0.3 is 15.0 Å². The van der Waals surface area contributed by atoms with Gasteiger partial charge in [0.15, 0.2) is 11.5 Å². The maximum atomic E-state index is 4.67. The van der Waals surface area contributed by atoms with Crippen molar-refractivity contribution in [2.75, 3.05) is 28.7 Å². The van der Waals surface area contributed by atoms with E-state index >= 15 is 0 Å². The highest BCUT2D eigenvalue weighted by Gasteiger charge is 2.10. The van der Waals surface area contributed by atoms with Crippen molar-refractivity contribution in [3.05, 3.63) is 18.6 Å². The lowest BCUT2D eigenvalue weighted by Gasteiger charge is -2.16. The van der Waals surface area contributed by atoms with Crippen LogP contribution in [0.3, 0.4) is 0 Å². The van der Waals surface area contributed by atoms with Crippen LogP contribution in [0.25, 0.3) is 5.65 Å². The summed E-state index contributed by atoms with van der Waals surface area (Å²) in [4.78, 5) is 9.06. The Labute approximate surface area is 130 Å². The van der Waals surface area contributed by atoms with E-state index in [1.165, 1.54) is 11.5 Å². The Morgan fingerprint density at radius 2 is 2.24 bits per heavy atom. The second kappa shape index (κ2) is 8.12. The molecule has 6 heteroatoms. The van der Waals surface area contributed by atoms with Gasteiger partial charge in [0.1, 0.15) is 5.82 Å². The summed E-state index contributed by atoms with van der Waals surface area (Å²) in [5.74, 6) is 4.09. The molecule has 2 N–H and O–H groups in total. The first-order chi connectivity index (χ1) is 10.2. The fraction of sp³-hybridized carbons (Fsp3) is 0.600. The SMILES string of the molecule is CCCNc1cn2ccnc2c(NC(C)CCSCC)n1. The molecule has 0 saturated carbocycles. The zero-order valence-corrected chi connectivity index (χ0v) is 13.9. The minimum atomic E-state index is 0.387. The number of thioether (sulfide) groups is 1. The van der Waals surface area contributed by atoms with Gasteiger partial charge >= 0.3 is 0 Å². The van der Waals surface area contributed by atoms with Crippen LogP contribution in [-0.4, -0.2) is 38.5 Å². The van der Waals surface area contributed by atoms with Gasteiger partial charge in [-0.25, -0.2) is 9.97 Å². The fourth-order valence-corrected chi connectivity index (χ4v) is 2.89. The summed E-state index contributed by atoms with van der Waals surface area (Å²) in [7, 11) is 0. The highest BCUT2D eigenvalue weighted by molar-refractivity contribution is 7.99. The molecule has 0 bridgehead atoms. The zero-order valence-electron chi connectivity index (χ0n) is 13.1. The summed E-state index contributed by atoms with van der Waals surface area (Å²) in [5.41, 5.74) is 0.882. The predicted octanol–water partition coefficient (Wildman–Crippen LogP) is 3.49. The Bertz CT molecular complexity index is 554. The second-order valence-electron chi connectivity index (χ2n) is 5.09. The van der Waals surface area contributed by atoms with Crippen molar-refractivity contribution in [3.63, 3.8) is 0 Å². The highest BCUT2D eigenvalue weighted by atomic mass is 32.2. The number of fused-ring (bicyclic) bond motifs is 1. The van der Waals surface area contributed by atoms with Gasteiger partial charge in [0.25, 0.3) is 0 Å². The zero-order chi connectivity index (χ0) is 15.1. The molecule has 0 aliphatic carbocycles. The van der Waals surface area contributed by atoms with Gasteiger partial charge in [0.05, 0.1) is 6.20 Å². The topological polar surface area (TPSA) is 54.2 Å². The van der Waals surface area contributed by atoms with E-state index in [0.717, 1.165) is 36.7 Å². The van der Waals surface area contributed by atoms with Gasteiger partial charge in [0.2, 0.25) is 0 Å². The van der Waals surface area contributed by atoms with Gasteiger partial charge in [-0.15, -0.1) is 0 Å². The molecule has 0 amide bonds. The summed E-state index contributed by atoms with van der Waals surface area (Å²) >= 11 is 1.97. The molecule has 2 heterocycles. The number of anilines is 2. The summed E-state index contributed by atoms with van der Waals surface area (Å²) in [5, 5.41) is 6.84. The van der Waals surface area contributed by atoms with E-state index in [1.807, 2.05) is 34.8 Å². The molecule has 0 saturated heterocycles. The molecule has 0 aromatic carbocycles. The number of nitrogens with one attached hydrogen (secondary N) is 2. The van der Waals surface area contributed by atoms with Crippen molar-refractivity contribution in [1.82, 2.24) is 14.4 Å². The first-order valence-corrected chi connectivity index (χ1v) is 8.82. The molecule has 21 heavy (non-hydrogen) atoms. The molecule has 0 spiro atoms. The van der Waals surface area contributed by atoms with Crippen molar-refractivity contribution in [2.24, 2.45) is 0 Å². The lowest BCUT2D eigenvalue weighted by molar-refractivity contribution is 0.766. The number of imidazole rings is 1. The van der Waals surface area contributed by atoms with Crippen LogP contribution >= 0.6 is 11.8 Å². The first-order valence-electron chi connectivity index (χ1n) is 7.66. The Kier molecular flexibility index (Phi) is 6.17. The third-order valence-electron chi connectivity index (χ3n) is 3.21. The van der Waals surface area contributed by atoms with Crippen molar-refractivity contribution in [2.45, 2.75) is 39.7 Å². The van der Waals surface area contributed by atoms with Crippen molar-refractivity contribution >= 4 is 29.0 Å². The summed E-state index contributed by atoms with van der Waals surface area (Å²) in [6.45, 7) is 7.47. The molecule has 5 nitrogen and oxygen atoms in total. The van der Waals surface area contributed by atoms with Crippen LogP contribution < -0.4 is 10.6 Å². The highest BCUT2D eigenvalue weighted by Crippen LogP contribution is 2.18. The number of aromatic nitrogens is 3. The number of nitrogens with zero attached hydrogens (tertiary/aromatic N) is 3. The smallest absolute Gasteiger partial charge is 0.180 e. The number of hydrogen-bond acceptors (Lipinski definition) is 5. The molecule has 2 rings (SSSR count). The van der Waals surface area contributed by atoms with Gasteiger partial charge in [0, 0.05) is 25.0 Å². The lowest BCUT2D eigenvalue weighted by Crippen LogP contribution is -2.18. The quantitative estimate of drug-likeness (QED) is 0.695. The van der Waals surface area contributed by atoms with E-state index in [0.29, 0.717) is 6.04 Å². The van der Waals surface area contributed by atoms with E-state index in [-0.39, 0.29) is 0 Å². The second-order valence-corrected chi connectivity index (χ2v) is 6.48. The molecule has 1 unspecified atom stereocenters. The molecule has 1 atom stereocenters. The van der Waals surface area contributed by atoms with Crippen LogP contribution in [0, 0.1) is 0 Å². The van der Waals surface area contributed by atoms with E-state index in [4.69, 9.17) is 0 Å². The van der Waals surface area contributed by atoms with Crippen LogP contribution in [-0.2, 0) is 0 Å². The van der Waals surface area contributed by atoms with Crippen LogP contribution in [0.5, 0.6) is 0 Å². The summed E-state index contributed by atoms with van der Waals surface area (Å²) in [6, 6.07) is 0.387. The van der Waals surface area contributed by atoms with Crippen molar-refractivity contribution in [3.8, 4) is 0 Å². The van der Waals surface area contributed by atoms with Crippen LogP contribution in [0.1, 0.15) is 33.6 Å². The lowest BCUT2D eigenvalue weighted by atomic mass is 10.2. The average molecular weight is 307 g/mol. The number of rotatable bonds is 9. The molecule has 116 valence electrons. The molecule has 0 fully saturated rings. The minimum absolute atomic E-state index is 0.387. The standard InChI is InChI=1S/C15H25N5S/c1-4-7-16-13-11-20-9-8-17-15(20)14(19-13)18-12(3)6-10-21-5-2/h8-9,11-12,16H,4-7,10H2,1-3H3,(H,18,19). The van der Waals surface area contributed by atoms with Gasteiger partial charge in [-0.3, -0.25) is 0 Å². The maximum Gasteiger partial charge on any atom is 0.180 e. The van der Waals surface area contributed by atoms with Gasteiger partial charge in [-0.1, -0.05) is 13.8 Å². The maximum absolute atomic E-state index is 4.67. The third kappa shape index (κ3) is 4.52. The molecule has 0 aliphatic rings. The average Bonchev–Trinajstić information content (AvgIpc) is 2.94. The molecule has 0 aliphatic heterocycles. The summed E-state index contributed by atoms with van der Waals surface area (Å²) in [6.07, 6.45) is 7.96.